The smallest absolute Gasteiger partial charge is 0.288 e. The maximum atomic E-state index is 11.2. The molecule has 6 heteroatoms. The quantitative estimate of drug-likeness (QED) is 0.870. The van der Waals surface area contributed by atoms with Crippen LogP contribution in [0.4, 0.5) is 0 Å². The van der Waals surface area contributed by atoms with Gasteiger partial charge in [0.2, 0.25) is 0 Å². The van der Waals surface area contributed by atoms with Gasteiger partial charge in [-0.3, -0.25) is 4.79 Å². The molecule has 0 spiro atoms. The Morgan fingerprint density at radius 3 is 2.85 bits per heavy atom. The van der Waals surface area contributed by atoms with Crippen molar-refractivity contribution in [2.75, 3.05) is 13.8 Å². The van der Waals surface area contributed by atoms with Crippen LogP contribution in [-0.4, -0.2) is 19.7 Å². The van der Waals surface area contributed by atoms with E-state index in [0.717, 1.165) is 0 Å². The summed E-state index contributed by atoms with van der Waals surface area (Å²) in [6.45, 7) is 0.161. The van der Waals surface area contributed by atoms with Crippen LogP contribution in [0.5, 0.6) is 0 Å². The number of carbonyl (C=O) groups is 1. The number of furan rings is 1. The van der Waals surface area contributed by atoms with E-state index in [1.807, 2.05) is 0 Å². The topological polar surface area (TPSA) is 51.5 Å². The summed E-state index contributed by atoms with van der Waals surface area (Å²) in [4.78, 5) is 11.2. The second-order valence-corrected chi connectivity index (χ2v) is 3.75. The number of nitrogens with one attached hydrogen (secondary N) is 1. The fourth-order valence-electron chi connectivity index (χ4n) is 0.683. The Kier molecular flexibility index (Phi) is 3.95. The molecule has 0 saturated heterocycles. The van der Waals surface area contributed by atoms with Crippen molar-refractivity contribution in [1.82, 2.24) is 5.32 Å². The van der Waals surface area contributed by atoms with E-state index in [4.69, 9.17) is 4.42 Å². The van der Waals surface area contributed by atoms with Gasteiger partial charge in [0.25, 0.3) is 5.91 Å². The molecule has 0 radical (unpaired) electrons. The molecule has 0 aliphatic carbocycles. The number of methoxy groups -OCH3 is 1. The summed E-state index contributed by atoms with van der Waals surface area (Å²) in [7, 11) is 1.49. The maximum Gasteiger partial charge on any atom is 0.288 e. The van der Waals surface area contributed by atoms with Gasteiger partial charge in [-0.15, -0.1) is 0 Å². The van der Waals surface area contributed by atoms with Crippen molar-refractivity contribution >= 4 is 37.8 Å². The fraction of sp³-hybridized carbons (Fsp3) is 0.286. The van der Waals surface area contributed by atoms with Crippen molar-refractivity contribution in [3.63, 3.8) is 0 Å². The van der Waals surface area contributed by atoms with Gasteiger partial charge in [-0.25, -0.2) is 0 Å². The molecule has 1 N–H and O–H groups in total. The Balaban J connectivity index is 2.66. The van der Waals surface area contributed by atoms with Crippen LogP contribution in [0.2, 0.25) is 0 Å². The average molecular weight is 313 g/mol. The predicted octanol–water partition coefficient (Wildman–Crippen LogP) is 2.14. The van der Waals surface area contributed by atoms with Crippen molar-refractivity contribution in [2.45, 2.75) is 0 Å². The number of ether oxygens (including phenoxy) is 1. The fourth-order valence-corrected chi connectivity index (χ4v) is 1.26. The minimum atomic E-state index is -0.312. The molecule has 72 valence electrons. The number of hydrogen-bond acceptors (Lipinski definition) is 3. The molecule has 0 bridgehead atoms. The molecule has 13 heavy (non-hydrogen) atoms. The van der Waals surface area contributed by atoms with E-state index >= 15 is 0 Å². The number of amides is 1. The molecule has 0 fully saturated rings. The molecule has 1 aromatic heterocycles. The average Bonchev–Trinajstić information content (AvgIpc) is 2.43. The molecule has 0 unspecified atom stereocenters. The molecular weight excluding hydrogens is 306 g/mol. The van der Waals surface area contributed by atoms with E-state index in [0.29, 0.717) is 9.14 Å². The summed E-state index contributed by atoms with van der Waals surface area (Å²) >= 11 is 6.33. The van der Waals surface area contributed by atoms with Crippen molar-refractivity contribution in [3.8, 4) is 0 Å². The van der Waals surface area contributed by atoms with Crippen LogP contribution in [0, 0.1) is 0 Å². The second kappa shape index (κ2) is 4.78. The van der Waals surface area contributed by atoms with Crippen molar-refractivity contribution in [1.29, 1.82) is 0 Å². The van der Waals surface area contributed by atoms with Crippen LogP contribution < -0.4 is 5.32 Å². The van der Waals surface area contributed by atoms with Gasteiger partial charge in [-0.1, -0.05) is 0 Å². The zero-order valence-electron chi connectivity index (χ0n) is 6.77. The van der Waals surface area contributed by atoms with Crippen molar-refractivity contribution < 1.29 is 13.9 Å². The molecular formula is C7H7Br2NO3. The molecule has 0 atom stereocenters. The standard InChI is InChI=1S/C7H7Br2NO3/c1-12-3-10-7(11)5-2-4(8)6(9)13-5/h2H,3H2,1H3,(H,10,11). The molecule has 0 aromatic carbocycles. The molecule has 0 aliphatic heterocycles. The Morgan fingerprint density at radius 2 is 2.38 bits per heavy atom. The van der Waals surface area contributed by atoms with E-state index in [1.54, 1.807) is 6.07 Å². The van der Waals surface area contributed by atoms with Crippen LogP contribution in [0.1, 0.15) is 10.6 Å². The van der Waals surface area contributed by atoms with Gasteiger partial charge in [0.05, 0.1) is 4.47 Å². The molecule has 0 aliphatic rings. The van der Waals surface area contributed by atoms with Gasteiger partial charge in [0.15, 0.2) is 10.4 Å². The van der Waals surface area contributed by atoms with Crippen LogP contribution in [0.25, 0.3) is 0 Å². The first-order valence-corrected chi connectivity index (χ1v) is 4.95. The zero-order chi connectivity index (χ0) is 9.84. The lowest BCUT2D eigenvalue weighted by atomic mass is 10.4. The summed E-state index contributed by atoms with van der Waals surface area (Å²) in [5.41, 5.74) is 0. The highest BCUT2D eigenvalue weighted by Gasteiger charge is 2.12. The van der Waals surface area contributed by atoms with Gasteiger partial charge < -0.3 is 14.5 Å². The van der Waals surface area contributed by atoms with Crippen molar-refractivity contribution in [3.05, 3.63) is 21.0 Å². The predicted molar refractivity (Wildman–Crippen MR) is 53.5 cm³/mol. The summed E-state index contributed by atoms with van der Waals surface area (Å²) in [6, 6.07) is 1.58. The molecule has 1 amide bonds. The third-order valence-electron chi connectivity index (χ3n) is 1.25. The van der Waals surface area contributed by atoms with E-state index in [2.05, 4.69) is 41.9 Å². The van der Waals surface area contributed by atoms with Crippen LogP contribution in [0.15, 0.2) is 19.6 Å². The molecule has 4 nitrogen and oxygen atoms in total. The number of carbonyl (C=O) groups excluding carboxylic acids is 1. The minimum Gasteiger partial charge on any atom is -0.443 e. The van der Waals surface area contributed by atoms with Gasteiger partial charge >= 0.3 is 0 Å². The molecule has 1 heterocycles. The molecule has 1 aromatic rings. The lowest BCUT2D eigenvalue weighted by Gasteiger charge is -1.99. The van der Waals surface area contributed by atoms with Crippen LogP contribution in [0.3, 0.4) is 0 Å². The Bertz CT molecular complexity index is 291. The van der Waals surface area contributed by atoms with Gasteiger partial charge in [0.1, 0.15) is 6.73 Å². The lowest BCUT2D eigenvalue weighted by molar-refractivity contribution is 0.0843. The van der Waals surface area contributed by atoms with Crippen molar-refractivity contribution in [2.24, 2.45) is 0 Å². The number of rotatable bonds is 3. The van der Waals surface area contributed by atoms with E-state index < -0.39 is 0 Å². The summed E-state index contributed by atoms with van der Waals surface area (Å²) in [5.74, 6) is -0.0796. The normalized spacial score (nSPS) is 10.1. The van der Waals surface area contributed by atoms with Gasteiger partial charge in [-0.05, 0) is 31.9 Å². The first-order valence-electron chi connectivity index (χ1n) is 3.37. The van der Waals surface area contributed by atoms with E-state index in [-0.39, 0.29) is 18.4 Å². The van der Waals surface area contributed by atoms with E-state index in [9.17, 15) is 4.79 Å². The number of halogens is 2. The highest BCUT2D eigenvalue weighted by Crippen LogP contribution is 2.26. The largest absolute Gasteiger partial charge is 0.443 e. The van der Waals surface area contributed by atoms with Crippen LogP contribution in [-0.2, 0) is 4.74 Å². The minimum absolute atomic E-state index is 0.161. The summed E-state index contributed by atoms with van der Waals surface area (Å²) in [5, 5.41) is 2.49. The Hall–Kier alpha value is -0.330. The maximum absolute atomic E-state index is 11.2. The van der Waals surface area contributed by atoms with Gasteiger partial charge in [-0.2, -0.15) is 0 Å². The summed E-state index contributed by atoms with van der Waals surface area (Å²) in [6.07, 6.45) is 0. The highest BCUT2D eigenvalue weighted by molar-refractivity contribution is 9.13. The Morgan fingerprint density at radius 1 is 1.69 bits per heavy atom. The SMILES string of the molecule is COCNC(=O)c1cc(Br)c(Br)o1. The Labute approximate surface area is 91.9 Å². The lowest BCUT2D eigenvalue weighted by Crippen LogP contribution is -2.24. The summed E-state index contributed by atoms with van der Waals surface area (Å²) < 4.78 is 10.9. The monoisotopic (exact) mass is 311 g/mol. The van der Waals surface area contributed by atoms with Crippen LogP contribution >= 0.6 is 31.9 Å². The first kappa shape index (κ1) is 10.7. The molecule has 1 rings (SSSR count). The third-order valence-corrected chi connectivity index (χ3v) is 2.96. The second-order valence-electron chi connectivity index (χ2n) is 2.17. The third kappa shape index (κ3) is 2.82. The highest BCUT2D eigenvalue weighted by atomic mass is 79.9. The van der Waals surface area contributed by atoms with Gasteiger partial charge in [0, 0.05) is 13.2 Å². The van der Waals surface area contributed by atoms with E-state index in [1.165, 1.54) is 7.11 Å². The number of hydrogen-bond donors (Lipinski definition) is 1. The first-order chi connectivity index (χ1) is 6.15. The molecule has 0 saturated carbocycles. The zero-order valence-corrected chi connectivity index (χ0v) is 9.94.